The summed E-state index contributed by atoms with van der Waals surface area (Å²) in [6.07, 6.45) is 1.96. The Morgan fingerprint density at radius 1 is 1.08 bits per heavy atom. The maximum atomic E-state index is 11.8. The average molecular weight is 347 g/mol. The Balaban J connectivity index is 1.66. The number of amides is 2. The Hall–Kier alpha value is -2.20. The predicted octanol–water partition coefficient (Wildman–Crippen LogP) is 4.88. The van der Waals surface area contributed by atoms with E-state index in [4.69, 9.17) is 16.3 Å². The zero-order chi connectivity index (χ0) is 17.4. The van der Waals surface area contributed by atoms with Crippen molar-refractivity contribution in [3.8, 4) is 5.75 Å². The van der Waals surface area contributed by atoms with Crippen LogP contribution in [0.2, 0.25) is 5.02 Å². The maximum Gasteiger partial charge on any atom is 0.319 e. The van der Waals surface area contributed by atoms with Crippen LogP contribution in [-0.4, -0.2) is 18.7 Å². The summed E-state index contributed by atoms with van der Waals surface area (Å²) in [5.41, 5.74) is 1.95. The van der Waals surface area contributed by atoms with Gasteiger partial charge in [-0.05, 0) is 68.7 Å². The lowest BCUT2D eigenvalue weighted by Gasteiger charge is -2.10. The van der Waals surface area contributed by atoms with Crippen molar-refractivity contribution in [2.24, 2.45) is 0 Å². The van der Waals surface area contributed by atoms with E-state index >= 15 is 0 Å². The van der Waals surface area contributed by atoms with E-state index in [1.165, 1.54) is 5.56 Å². The summed E-state index contributed by atoms with van der Waals surface area (Å²) in [6.45, 7) is 4.63. The number of hydrogen-bond donors (Lipinski definition) is 2. The smallest absolute Gasteiger partial charge is 0.319 e. The van der Waals surface area contributed by atoms with E-state index in [0.717, 1.165) is 24.3 Å². The number of hydrogen-bond acceptors (Lipinski definition) is 2. The van der Waals surface area contributed by atoms with Gasteiger partial charge in [0.05, 0.1) is 6.10 Å². The molecule has 24 heavy (non-hydrogen) atoms. The van der Waals surface area contributed by atoms with E-state index in [9.17, 15) is 4.79 Å². The molecule has 2 aromatic carbocycles. The average Bonchev–Trinajstić information content (AvgIpc) is 2.55. The predicted molar refractivity (Wildman–Crippen MR) is 99.0 cm³/mol. The highest BCUT2D eigenvalue weighted by atomic mass is 35.5. The fourth-order valence-electron chi connectivity index (χ4n) is 2.21. The highest BCUT2D eigenvalue weighted by Gasteiger charge is 2.02. The van der Waals surface area contributed by atoms with Crippen molar-refractivity contribution in [3.63, 3.8) is 0 Å². The Kier molecular flexibility index (Phi) is 6.94. The molecule has 0 heterocycles. The zero-order valence-corrected chi connectivity index (χ0v) is 14.8. The molecule has 2 amide bonds. The first kappa shape index (κ1) is 18.1. The summed E-state index contributed by atoms with van der Waals surface area (Å²) in [4.78, 5) is 11.8. The van der Waals surface area contributed by atoms with Crippen LogP contribution in [0.25, 0.3) is 0 Å². The normalized spacial score (nSPS) is 10.5. The van der Waals surface area contributed by atoms with Crippen LogP contribution in [-0.2, 0) is 6.42 Å². The van der Waals surface area contributed by atoms with Gasteiger partial charge in [-0.25, -0.2) is 4.79 Å². The summed E-state index contributed by atoms with van der Waals surface area (Å²) in [5, 5.41) is 6.26. The number of anilines is 1. The van der Waals surface area contributed by atoms with E-state index in [2.05, 4.69) is 22.8 Å². The Morgan fingerprint density at radius 2 is 1.75 bits per heavy atom. The Bertz CT molecular complexity index is 639. The second-order valence-corrected chi connectivity index (χ2v) is 6.24. The third-order valence-electron chi connectivity index (χ3n) is 3.33. The van der Waals surface area contributed by atoms with Crippen molar-refractivity contribution in [1.82, 2.24) is 5.32 Å². The molecule has 0 saturated heterocycles. The Morgan fingerprint density at radius 3 is 2.38 bits per heavy atom. The number of rotatable bonds is 7. The lowest BCUT2D eigenvalue weighted by molar-refractivity contribution is 0.242. The maximum absolute atomic E-state index is 11.8. The van der Waals surface area contributed by atoms with Crippen LogP contribution in [0, 0.1) is 0 Å². The van der Waals surface area contributed by atoms with Gasteiger partial charge in [0.15, 0.2) is 0 Å². The molecule has 0 bridgehead atoms. The quantitative estimate of drug-likeness (QED) is 0.702. The molecule has 2 N–H and O–H groups in total. The number of halogens is 1. The van der Waals surface area contributed by atoms with Gasteiger partial charge in [0.2, 0.25) is 0 Å². The third-order valence-corrected chi connectivity index (χ3v) is 3.58. The van der Waals surface area contributed by atoms with Crippen LogP contribution in [0.1, 0.15) is 25.8 Å². The molecule has 0 aliphatic carbocycles. The van der Waals surface area contributed by atoms with Crippen LogP contribution < -0.4 is 15.4 Å². The summed E-state index contributed by atoms with van der Waals surface area (Å²) in [6, 6.07) is 14.9. The molecule has 0 saturated carbocycles. The van der Waals surface area contributed by atoms with Gasteiger partial charge in [-0.2, -0.15) is 0 Å². The lowest BCUT2D eigenvalue weighted by Crippen LogP contribution is -2.29. The number of carbonyl (C=O) groups excluding carboxylic acids is 1. The molecule has 2 rings (SSSR count). The number of nitrogens with one attached hydrogen (secondary N) is 2. The van der Waals surface area contributed by atoms with Gasteiger partial charge < -0.3 is 15.4 Å². The zero-order valence-electron chi connectivity index (χ0n) is 14.0. The van der Waals surface area contributed by atoms with Gasteiger partial charge in [0, 0.05) is 17.3 Å². The van der Waals surface area contributed by atoms with Crippen LogP contribution >= 0.6 is 11.6 Å². The highest BCUT2D eigenvalue weighted by Crippen LogP contribution is 2.15. The third kappa shape index (κ3) is 6.50. The van der Waals surface area contributed by atoms with Gasteiger partial charge >= 0.3 is 6.03 Å². The summed E-state index contributed by atoms with van der Waals surface area (Å²) < 4.78 is 5.62. The van der Waals surface area contributed by atoms with Gasteiger partial charge in [-0.3, -0.25) is 0 Å². The van der Waals surface area contributed by atoms with Gasteiger partial charge in [0.25, 0.3) is 0 Å². The highest BCUT2D eigenvalue weighted by molar-refractivity contribution is 6.30. The monoisotopic (exact) mass is 346 g/mol. The molecule has 5 heteroatoms. The summed E-state index contributed by atoms with van der Waals surface area (Å²) in [5.74, 6) is 0.884. The van der Waals surface area contributed by atoms with Crippen LogP contribution in [0.15, 0.2) is 48.5 Å². The molecule has 0 aliphatic rings. The number of ether oxygens (including phenoxy) is 1. The molecule has 0 aromatic heterocycles. The molecule has 0 spiro atoms. The largest absolute Gasteiger partial charge is 0.491 e. The van der Waals surface area contributed by atoms with Gasteiger partial charge in [0.1, 0.15) is 5.75 Å². The van der Waals surface area contributed by atoms with Gasteiger partial charge in [-0.1, -0.05) is 23.7 Å². The Labute approximate surface area is 148 Å². The van der Waals surface area contributed by atoms with Crippen molar-refractivity contribution >= 4 is 23.3 Å². The minimum atomic E-state index is -0.210. The standard InChI is InChI=1S/C19H23ClN2O2/c1-14(2)24-18-11-5-15(6-12-18)4-3-13-21-19(23)22-17-9-7-16(20)8-10-17/h5-12,14H,3-4,13H2,1-2H3,(H2,21,22,23). The molecule has 0 fully saturated rings. The fourth-order valence-corrected chi connectivity index (χ4v) is 2.34. The van der Waals surface area contributed by atoms with Crippen LogP contribution in [0.5, 0.6) is 5.75 Å². The van der Waals surface area contributed by atoms with Gasteiger partial charge in [-0.15, -0.1) is 0 Å². The van der Waals surface area contributed by atoms with E-state index in [1.54, 1.807) is 24.3 Å². The van der Waals surface area contributed by atoms with E-state index in [-0.39, 0.29) is 12.1 Å². The molecule has 4 nitrogen and oxygen atoms in total. The van der Waals surface area contributed by atoms with E-state index in [1.807, 2.05) is 26.0 Å². The number of carbonyl (C=O) groups is 1. The number of urea groups is 1. The van der Waals surface area contributed by atoms with E-state index < -0.39 is 0 Å². The first-order chi connectivity index (χ1) is 11.5. The van der Waals surface area contributed by atoms with Crippen molar-refractivity contribution in [1.29, 1.82) is 0 Å². The van der Waals surface area contributed by atoms with Crippen LogP contribution in [0.4, 0.5) is 10.5 Å². The number of benzene rings is 2. The SMILES string of the molecule is CC(C)Oc1ccc(CCCNC(=O)Nc2ccc(Cl)cc2)cc1. The topological polar surface area (TPSA) is 50.4 Å². The molecule has 0 unspecified atom stereocenters. The summed E-state index contributed by atoms with van der Waals surface area (Å²) in [7, 11) is 0. The van der Waals surface area contributed by atoms with E-state index in [0.29, 0.717) is 11.6 Å². The minimum Gasteiger partial charge on any atom is -0.491 e. The summed E-state index contributed by atoms with van der Waals surface area (Å²) >= 11 is 5.81. The molecular formula is C19H23ClN2O2. The second kappa shape index (κ2) is 9.18. The molecule has 0 radical (unpaired) electrons. The van der Waals surface area contributed by atoms with Crippen molar-refractivity contribution in [2.45, 2.75) is 32.8 Å². The van der Waals surface area contributed by atoms with Crippen molar-refractivity contribution in [2.75, 3.05) is 11.9 Å². The molecule has 0 aliphatic heterocycles. The molecule has 2 aromatic rings. The first-order valence-corrected chi connectivity index (χ1v) is 8.47. The van der Waals surface area contributed by atoms with Crippen molar-refractivity contribution < 1.29 is 9.53 Å². The second-order valence-electron chi connectivity index (χ2n) is 5.80. The van der Waals surface area contributed by atoms with Crippen LogP contribution in [0.3, 0.4) is 0 Å². The lowest BCUT2D eigenvalue weighted by atomic mass is 10.1. The molecular weight excluding hydrogens is 324 g/mol. The minimum absolute atomic E-state index is 0.180. The number of aryl methyl sites for hydroxylation is 1. The molecule has 0 atom stereocenters. The van der Waals surface area contributed by atoms with Crippen molar-refractivity contribution in [3.05, 3.63) is 59.1 Å². The first-order valence-electron chi connectivity index (χ1n) is 8.09. The fraction of sp³-hybridized carbons (Fsp3) is 0.316. The molecule has 128 valence electrons.